The van der Waals surface area contributed by atoms with Crippen LogP contribution in [-0.4, -0.2) is 5.78 Å². The first-order valence-electron chi connectivity index (χ1n) is 5.77. The number of ketones is 1. The van der Waals surface area contributed by atoms with Gasteiger partial charge in [0.05, 0.1) is 10.6 Å². The summed E-state index contributed by atoms with van der Waals surface area (Å²) in [5.41, 5.74) is 9.15. The van der Waals surface area contributed by atoms with E-state index in [9.17, 15) is 4.79 Å². The molecule has 0 amide bonds. The van der Waals surface area contributed by atoms with Crippen molar-refractivity contribution in [2.75, 3.05) is 5.73 Å². The van der Waals surface area contributed by atoms with Crippen LogP contribution in [0.2, 0.25) is 5.02 Å². The molecule has 0 bridgehead atoms. The molecule has 0 fully saturated rings. The zero-order valence-corrected chi connectivity index (χ0v) is 13.0. The second kappa shape index (κ2) is 5.35. The number of hydrogen-bond donors (Lipinski definition) is 1. The van der Waals surface area contributed by atoms with Crippen molar-refractivity contribution in [1.82, 2.24) is 0 Å². The molecule has 0 saturated carbocycles. The molecule has 4 heteroatoms. The molecular weight excluding hydrogens is 326 g/mol. The third kappa shape index (κ3) is 2.67. The zero-order valence-electron chi connectivity index (χ0n) is 10.6. The summed E-state index contributed by atoms with van der Waals surface area (Å²) in [7, 11) is 0. The van der Waals surface area contributed by atoms with Gasteiger partial charge in [-0.05, 0) is 49.2 Å². The van der Waals surface area contributed by atoms with Crippen LogP contribution < -0.4 is 5.73 Å². The van der Waals surface area contributed by atoms with Crippen molar-refractivity contribution < 1.29 is 4.79 Å². The first kappa shape index (κ1) is 14.1. The normalized spacial score (nSPS) is 10.5. The number of nitrogen functional groups attached to an aromatic ring is 1. The second-order valence-corrected chi connectivity index (χ2v) is 5.71. The Kier molecular flexibility index (Phi) is 3.97. The van der Waals surface area contributed by atoms with Crippen LogP contribution in [0.4, 0.5) is 5.69 Å². The van der Waals surface area contributed by atoms with Gasteiger partial charge in [-0.1, -0.05) is 33.6 Å². The number of carbonyl (C=O) groups is 1. The van der Waals surface area contributed by atoms with Crippen molar-refractivity contribution in [2.24, 2.45) is 0 Å². The van der Waals surface area contributed by atoms with E-state index in [4.69, 9.17) is 17.3 Å². The Labute approximate surface area is 125 Å². The molecule has 0 spiro atoms. The number of benzene rings is 2. The van der Waals surface area contributed by atoms with Crippen LogP contribution in [0.1, 0.15) is 27.0 Å². The van der Waals surface area contributed by atoms with Gasteiger partial charge in [-0.2, -0.15) is 0 Å². The first-order chi connectivity index (χ1) is 8.91. The van der Waals surface area contributed by atoms with Gasteiger partial charge in [0, 0.05) is 15.7 Å². The molecule has 0 aromatic heterocycles. The molecule has 0 saturated heterocycles. The minimum absolute atomic E-state index is 0.142. The molecule has 2 aromatic carbocycles. The minimum atomic E-state index is -0.142. The molecule has 2 aromatic rings. The zero-order chi connectivity index (χ0) is 14.2. The predicted molar refractivity (Wildman–Crippen MR) is 82.9 cm³/mol. The van der Waals surface area contributed by atoms with Gasteiger partial charge in [0.15, 0.2) is 5.78 Å². The summed E-state index contributed by atoms with van der Waals surface area (Å²) in [4.78, 5) is 12.6. The molecule has 0 heterocycles. The lowest BCUT2D eigenvalue weighted by Crippen LogP contribution is -2.08. The van der Waals surface area contributed by atoms with E-state index in [1.165, 1.54) is 0 Å². The van der Waals surface area contributed by atoms with E-state index in [1.54, 1.807) is 18.2 Å². The highest BCUT2D eigenvalue weighted by atomic mass is 79.9. The van der Waals surface area contributed by atoms with Crippen LogP contribution in [0.15, 0.2) is 34.8 Å². The summed E-state index contributed by atoms with van der Waals surface area (Å²) in [6, 6.07) is 8.86. The highest BCUT2D eigenvalue weighted by Gasteiger charge is 2.18. The van der Waals surface area contributed by atoms with Crippen LogP contribution in [0, 0.1) is 13.8 Å². The van der Waals surface area contributed by atoms with E-state index in [-0.39, 0.29) is 5.78 Å². The molecule has 0 atom stereocenters. The van der Waals surface area contributed by atoms with Crippen molar-refractivity contribution in [2.45, 2.75) is 13.8 Å². The Morgan fingerprint density at radius 2 is 1.89 bits per heavy atom. The summed E-state index contributed by atoms with van der Waals surface area (Å²) < 4.78 is 0.980. The van der Waals surface area contributed by atoms with Crippen molar-refractivity contribution in [3.05, 3.63) is 62.1 Å². The molecule has 19 heavy (non-hydrogen) atoms. The molecular formula is C15H13BrClNO. The van der Waals surface area contributed by atoms with Gasteiger partial charge in [0.2, 0.25) is 0 Å². The summed E-state index contributed by atoms with van der Waals surface area (Å²) in [6.45, 7) is 3.83. The molecule has 0 radical (unpaired) electrons. The number of anilines is 1. The maximum absolute atomic E-state index is 12.6. The van der Waals surface area contributed by atoms with E-state index in [0.29, 0.717) is 21.8 Å². The number of halogens is 2. The topological polar surface area (TPSA) is 43.1 Å². The summed E-state index contributed by atoms with van der Waals surface area (Å²) in [5.74, 6) is -0.142. The Balaban J connectivity index is 2.60. The number of rotatable bonds is 2. The number of carbonyl (C=O) groups excluding carboxylic acids is 1. The fourth-order valence-corrected chi connectivity index (χ4v) is 2.67. The first-order valence-corrected chi connectivity index (χ1v) is 6.94. The second-order valence-electron chi connectivity index (χ2n) is 4.45. The number of nitrogens with two attached hydrogens (primary N) is 1. The van der Waals surface area contributed by atoms with Crippen molar-refractivity contribution in [3.63, 3.8) is 0 Å². The van der Waals surface area contributed by atoms with Crippen LogP contribution in [0.3, 0.4) is 0 Å². The van der Waals surface area contributed by atoms with Gasteiger partial charge in [-0.15, -0.1) is 0 Å². The quantitative estimate of drug-likeness (QED) is 0.645. The van der Waals surface area contributed by atoms with E-state index in [1.807, 2.05) is 26.0 Å². The van der Waals surface area contributed by atoms with Gasteiger partial charge in [0.1, 0.15) is 0 Å². The van der Waals surface area contributed by atoms with Gasteiger partial charge in [-0.25, -0.2) is 0 Å². The molecule has 2 rings (SSSR count). The van der Waals surface area contributed by atoms with Gasteiger partial charge in [-0.3, -0.25) is 4.79 Å². The van der Waals surface area contributed by atoms with Crippen LogP contribution in [0.25, 0.3) is 0 Å². The van der Waals surface area contributed by atoms with Crippen molar-refractivity contribution >= 4 is 39.0 Å². The standard InChI is InChI=1S/C15H13BrClNO/c1-8-7-11(16)9(2)6-10(8)15(19)14-12(17)4-3-5-13(14)18/h3-7H,18H2,1-2H3. The van der Waals surface area contributed by atoms with E-state index in [2.05, 4.69) is 15.9 Å². The van der Waals surface area contributed by atoms with E-state index >= 15 is 0 Å². The summed E-state index contributed by atoms with van der Waals surface area (Å²) >= 11 is 9.54. The Bertz CT molecular complexity index is 647. The molecule has 0 unspecified atom stereocenters. The van der Waals surface area contributed by atoms with Gasteiger partial charge in [0.25, 0.3) is 0 Å². The average Bonchev–Trinajstić information content (AvgIpc) is 2.33. The van der Waals surface area contributed by atoms with Crippen LogP contribution in [-0.2, 0) is 0 Å². The van der Waals surface area contributed by atoms with Crippen molar-refractivity contribution in [3.8, 4) is 0 Å². The van der Waals surface area contributed by atoms with E-state index < -0.39 is 0 Å². The highest BCUT2D eigenvalue weighted by molar-refractivity contribution is 9.10. The largest absolute Gasteiger partial charge is 0.398 e. The van der Waals surface area contributed by atoms with Crippen LogP contribution >= 0.6 is 27.5 Å². The molecule has 2 N–H and O–H groups in total. The SMILES string of the molecule is Cc1cc(C(=O)c2c(N)cccc2Cl)c(C)cc1Br. The lowest BCUT2D eigenvalue weighted by atomic mass is 9.96. The fraction of sp³-hybridized carbons (Fsp3) is 0.133. The lowest BCUT2D eigenvalue weighted by molar-refractivity contribution is 0.103. The molecule has 0 aliphatic carbocycles. The third-order valence-electron chi connectivity index (χ3n) is 3.02. The summed E-state index contributed by atoms with van der Waals surface area (Å²) in [5, 5.41) is 0.380. The predicted octanol–water partition coefficient (Wildman–Crippen LogP) is 4.53. The third-order valence-corrected chi connectivity index (χ3v) is 4.19. The van der Waals surface area contributed by atoms with Crippen LogP contribution in [0.5, 0.6) is 0 Å². The highest BCUT2D eigenvalue weighted by Crippen LogP contribution is 2.28. The average molecular weight is 339 g/mol. The lowest BCUT2D eigenvalue weighted by Gasteiger charge is -2.11. The van der Waals surface area contributed by atoms with Crippen molar-refractivity contribution in [1.29, 1.82) is 0 Å². The number of hydrogen-bond acceptors (Lipinski definition) is 2. The molecule has 0 aliphatic rings. The maximum Gasteiger partial charge on any atom is 0.196 e. The Morgan fingerprint density at radius 1 is 1.21 bits per heavy atom. The molecule has 2 nitrogen and oxygen atoms in total. The van der Waals surface area contributed by atoms with Gasteiger partial charge < -0.3 is 5.73 Å². The monoisotopic (exact) mass is 337 g/mol. The fourth-order valence-electron chi connectivity index (χ4n) is 1.94. The van der Waals surface area contributed by atoms with E-state index in [0.717, 1.165) is 15.6 Å². The van der Waals surface area contributed by atoms with Gasteiger partial charge >= 0.3 is 0 Å². The summed E-state index contributed by atoms with van der Waals surface area (Å²) in [6.07, 6.45) is 0. The molecule has 98 valence electrons. The molecule has 0 aliphatic heterocycles. The minimum Gasteiger partial charge on any atom is -0.398 e. The smallest absolute Gasteiger partial charge is 0.196 e. The maximum atomic E-state index is 12.6. The Hall–Kier alpha value is -1.32. The Morgan fingerprint density at radius 3 is 2.53 bits per heavy atom. The number of aryl methyl sites for hydroxylation is 2.